The SMILES string of the molecule is COc1ccc(S(=O)(=O)N(C)c2c(F)cccc2F)cc1. The van der Waals surface area contributed by atoms with Gasteiger partial charge >= 0.3 is 0 Å². The largest absolute Gasteiger partial charge is 0.497 e. The van der Waals surface area contributed by atoms with E-state index in [9.17, 15) is 17.2 Å². The van der Waals surface area contributed by atoms with E-state index in [1.165, 1.54) is 37.4 Å². The highest BCUT2D eigenvalue weighted by atomic mass is 32.2. The van der Waals surface area contributed by atoms with Gasteiger partial charge in [0, 0.05) is 7.05 Å². The van der Waals surface area contributed by atoms with Gasteiger partial charge in [-0.3, -0.25) is 4.31 Å². The second-order valence-corrected chi connectivity index (χ2v) is 6.19. The molecule has 0 saturated heterocycles. The van der Waals surface area contributed by atoms with E-state index in [1.807, 2.05) is 0 Å². The zero-order chi connectivity index (χ0) is 15.6. The maximum atomic E-state index is 13.7. The van der Waals surface area contributed by atoms with E-state index >= 15 is 0 Å². The van der Waals surface area contributed by atoms with Crippen LogP contribution in [0.25, 0.3) is 0 Å². The molecule has 0 aliphatic rings. The Hall–Kier alpha value is -2.15. The molecule has 0 bridgehead atoms. The van der Waals surface area contributed by atoms with Crippen molar-refractivity contribution in [2.24, 2.45) is 0 Å². The Bertz CT molecular complexity index is 725. The summed E-state index contributed by atoms with van der Waals surface area (Å²) in [5, 5.41) is 0. The molecule has 4 nitrogen and oxygen atoms in total. The molecule has 7 heteroatoms. The summed E-state index contributed by atoms with van der Waals surface area (Å²) in [5.41, 5.74) is -0.617. The van der Waals surface area contributed by atoms with Crippen molar-refractivity contribution in [1.82, 2.24) is 0 Å². The first-order valence-electron chi connectivity index (χ1n) is 5.95. The molecule has 0 saturated carbocycles. The van der Waals surface area contributed by atoms with Gasteiger partial charge in [0.05, 0.1) is 12.0 Å². The Kier molecular flexibility index (Phi) is 4.13. The number of hydrogen-bond acceptors (Lipinski definition) is 3. The quantitative estimate of drug-likeness (QED) is 0.872. The van der Waals surface area contributed by atoms with Crippen LogP contribution in [0.15, 0.2) is 47.4 Å². The minimum absolute atomic E-state index is 0.0894. The van der Waals surface area contributed by atoms with Gasteiger partial charge < -0.3 is 4.74 Å². The lowest BCUT2D eigenvalue weighted by Crippen LogP contribution is -2.28. The fraction of sp³-hybridized carbons (Fsp3) is 0.143. The molecule has 112 valence electrons. The Morgan fingerprint density at radius 2 is 1.52 bits per heavy atom. The average Bonchev–Trinajstić information content (AvgIpc) is 2.47. The van der Waals surface area contributed by atoms with Crippen LogP contribution in [0, 0.1) is 11.6 Å². The summed E-state index contributed by atoms with van der Waals surface area (Å²) in [7, 11) is -1.52. The number of hydrogen-bond donors (Lipinski definition) is 0. The molecule has 2 aromatic rings. The zero-order valence-corrected chi connectivity index (χ0v) is 12.2. The van der Waals surface area contributed by atoms with Gasteiger partial charge in [-0.25, -0.2) is 17.2 Å². The van der Waals surface area contributed by atoms with Crippen molar-refractivity contribution in [3.05, 3.63) is 54.1 Å². The predicted molar refractivity (Wildman–Crippen MR) is 74.9 cm³/mol. The van der Waals surface area contributed by atoms with Crippen LogP contribution < -0.4 is 9.04 Å². The number of ether oxygens (including phenoxy) is 1. The highest BCUT2D eigenvalue weighted by Crippen LogP contribution is 2.28. The molecule has 0 aliphatic heterocycles. The molecule has 21 heavy (non-hydrogen) atoms. The molecule has 0 radical (unpaired) electrons. The van der Waals surface area contributed by atoms with Gasteiger partial charge in [0.2, 0.25) is 0 Å². The van der Waals surface area contributed by atoms with E-state index in [0.717, 1.165) is 19.2 Å². The average molecular weight is 313 g/mol. The molecule has 0 aliphatic carbocycles. The molecular formula is C14H13F2NO3S. The number of halogens is 2. The van der Waals surface area contributed by atoms with Crippen molar-refractivity contribution in [3.63, 3.8) is 0 Å². The van der Waals surface area contributed by atoms with Crippen molar-refractivity contribution in [2.45, 2.75) is 4.90 Å². The van der Waals surface area contributed by atoms with Crippen molar-refractivity contribution in [1.29, 1.82) is 0 Å². The number of methoxy groups -OCH3 is 1. The van der Waals surface area contributed by atoms with Crippen molar-refractivity contribution < 1.29 is 21.9 Å². The van der Waals surface area contributed by atoms with Crippen LogP contribution in [0.5, 0.6) is 5.75 Å². The Balaban J connectivity index is 2.47. The van der Waals surface area contributed by atoms with E-state index in [-0.39, 0.29) is 4.90 Å². The highest BCUT2D eigenvalue weighted by molar-refractivity contribution is 7.92. The normalized spacial score (nSPS) is 11.2. The molecule has 0 unspecified atom stereocenters. The van der Waals surface area contributed by atoms with Crippen LogP contribution in [0.4, 0.5) is 14.5 Å². The van der Waals surface area contributed by atoms with Gasteiger partial charge in [0.25, 0.3) is 10.0 Å². The Morgan fingerprint density at radius 1 is 1.00 bits per heavy atom. The molecule has 0 spiro atoms. The molecule has 0 heterocycles. The fourth-order valence-electron chi connectivity index (χ4n) is 1.82. The van der Waals surface area contributed by atoms with Gasteiger partial charge in [0.15, 0.2) is 11.6 Å². The van der Waals surface area contributed by atoms with Crippen LogP contribution >= 0.6 is 0 Å². The van der Waals surface area contributed by atoms with E-state index in [1.54, 1.807) is 0 Å². The van der Waals surface area contributed by atoms with E-state index < -0.39 is 27.3 Å². The van der Waals surface area contributed by atoms with Crippen molar-refractivity contribution in [3.8, 4) is 5.75 Å². The molecule has 0 aromatic heterocycles. The summed E-state index contributed by atoms with van der Waals surface area (Å²) in [6, 6.07) is 8.70. The van der Waals surface area contributed by atoms with E-state index in [2.05, 4.69) is 0 Å². The smallest absolute Gasteiger partial charge is 0.264 e. The molecule has 2 aromatic carbocycles. The molecule has 0 fully saturated rings. The molecule has 0 N–H and O–H groups in total. The molecule has 0 amide bonds. The van der Waals surface area contributed by atoms with Crippen LogP contribution in [0.1, 0.15) is 0 Å². The second-order valence-electron chi connectivity index (χ2n) is 4.22. The van der Waals surface area contributed by atoms with Gasteiger partial charge in [-0.1, -0.05) is 6.07 Å². The lowest BCUT2D eigenvalue weighted by Gasteiger charge is -2.20. The minimum atomic E-state index is -4.06. The zero-order valence-electron chi connectivity index (χ0n) is 11.4. The monoisotopic (exact) mass is 313 g/mol. The number of rotatable bonds is 4. The molecule has 2 rings (SSSR count). The third kappa shape index (κ3) is 2.82. The summed E-state index contributed by atoms with van der Waals surface area (Å²) < 4.78 is 57.7. The van der Waals surface area contributed by atoms with Crippen molar-refractivity contribution in [2.75, 3.05) is 18.5 Å². The number of benzene rings is 2. The number of sulfonamides is 1. The highest BCUT2D eigenvalue weighted by Gasteiger charge is 2.26. The third-order valence-electron chi connectivity index (χ3n) is 2.97. The van der Waals surface area contributed by atoms with E-state index in [4.69, 9.17) is 4.74 Å². The maximum absolute atomic E-state index is 13.7. The number of nitrogens with zero attached hydrogens (tertiary/aromatic N) is 1. The first-order chi connectivity index (χ1) is 9.87. The minimum Gasteiger partial charge on any atom is -0.497 e. The number of anilines is 1. The fourth-order valence-corrected chi connectivity index (χ4v) is 3.03. The van der Waals surface area contributed by atoms with Crippen molar-refractivity contribution >= 4 is 15.7 Å². The van der Waals surface area contributed by atoms with Gasteiger partial charge in [-0.05, 0) is 36.4 Å². The van der Waals surface area contributed by atoms with Gasteiger partial charge in [-0.15, -0.1) is 0 Å². The van der Waals surface area contributed by atoms with Gasteiger partial charge in [0.1, 0.15) is 11.4 Å². The maximum Gasteiger partial charge on any atom is 0.264 e. The second kappa shape index (κ2) is 5.69. The van der Waals surface area contributed by atoms with Gasteiger partial charge in [-0.2, -0.15) is 0 Å². The lowest BCUT2D eigenvalue weighted by molar-refractivity contribution is 0.414. The first-order valence-corrected chi connectivity index (χ1v) is 7.39. The topological polar surface area (TPSA) is 46.6 Å². The van der Waals surface area contributed by atoms with Crippen LogP contribution in [0.3, 0.4) is 0 Å². The summed E-state index contributed by atoms with van der Waals surface area (Å²) in [6.45, 7) is 0. The first kappa shape index (κ1) is 15.2. The van der Waals surface area contributed by atoms with Crippen LogP contribution in [0.2, 0.25) is 0 Å². The predicted octanol–water partition coefficient (Wildman–Crippen LogP) is 2.80. The molecular weight excluding hydrogens is 300 g/mol. The van der Waals surface area contributed by atoms with E-state index in [0.29, 0.717) is 10.1 Å². The summed E-state index contributed by atoms with van der Waals surface area (Å²) in [6.07, 6.45) is 0. The van der Waals surface area contributed by atoms with Crippen LogP contribution in [-0.2, 0) is 10.0 Å². The van der Waals surface area contributed by atoms with Crippen LogP contribution in [-0.4, -0.2) is 22.6 Å². The Labute approximate surface area is 121 Å². The third-order valence-corrected chi connectivity index (χ3v) is 4.74. The lowest BCUT2D eigenvalue weighted by atomic mass is 10.3. The summed E-state index contributed by atoms with van der Waals surface area (Å²) in [5.74, 6) is -1.42. The summed E-state index contributed by atoms with van der Waals surface area (Å²) >= 11 is 0. The standard InChI is InChI=1S/C14H13F2NO3S/c1-17(14-12(15)4-3-5-13(14)16)21(18,19)11-8-6-10(20-2)7-9-11/h3-9H,1-2H3. The summed E-state index contributed by atoms with van der Waals surface area (Å²) in [4.78, 5) is -0.0894. The molecule has 0 atom stereocenters. The number of para-hydroxylation sites is 1. The Morgan fingerprint density at radius 3 is 2.00 bits per heavy atom.